The molecule has 0 amide bonds. The molecule has 1 N–H and O–H groups in total. The molecule has 6 nitrogen and oxygen atoms in total. The number of carbonyl (C=O) groups excluding carboxylic acids is 1. The maximum absolute atomic E-state index is 12.4. The van der Waals surface area contributed by atoms with Crippen molar-refractivity contribution >= 4 is 5.97 Å². The Bertz CT molecular complexity index is 411. The molecule has 0 spiro atoms. The van der Waals surface area contributed by atoms with E-state index in [9.17, 15) is 4.79 Å². The van der Waals surface area contributed by atoms with Crippen LogP contribution in [-0.2, 0) is 19.0 Å². The third-order valence-corrected chi connectivity index (χ3v) is 4.57. The van der Waals surface area contributed by atoms with Crippen LogP contribution < -0.4 is 5.32 Å². The van der Waals surface area contributed by atoms with Crippen LogP contribution in [0, 0.1) is 11.3 Å². The van der Waals surface area contributed by atoms with E-state index < -0.39 is 0 Å². The van der Waals surface area contributed by atoms with Gasteiger partial charge in [-0.2, -0.15) is 0 Å². The fraction of sp³-hybridized carbons (Fsp3) is 0.857. The lowest BCUT2D eigenvalue weighted by Gasteiger charge is -2.31. The maximum Gasteiger partial charge on any atom is 0.309 e. The quantitative estimate of drug-likeness (QED) is 0.306. The first-order chi connectivity index (χ1) is 12.7. The van der Waals surface area contributed by atoms with Gasteiger partial charge in [-0.25, -0.2) is 0 Å². The van der Waals surface area contributed by atoms with Gasteiger partial charge in [0.1, 0.15) is 6.61 Å². The largest absolute Gasteiger partial charge is 0.463 e. The van der Waals surface area contributed by atoms with E-state index >= 15 is 0 Å². The second-order valence-electron chi connectivity index (χ2n) is 7.73. The molecule has 0 bridgehead atoms. The number of rotatable bonds is 17. The van der Waals surface area contributed by atoms with Crippen LogP contribution in [0.3, 0.4) is 0 Å². The van der Waals surface area contributed by atoms with Gasteiger partial charge in [-0.05, 0) is 46.8 Å². The minimum absolute atomic E-state index is 0.135. The van der Waals surface area contributed by atoms with Crippen LogP contribution >= 0.6 is 0 Å². The highest BCUT2D eigenvalue weighted by molar-refractivity contribution is 5.72. The van der Waals surface area contributed by atoms with E-state index in [1.165, 1.54) is 0 Å². The molecule has 0 aliphatic rings. The van der Waals surface area contributed by atoms with Gasteiger partial charge in [0.25, 0.3) is 0 Å². The minimum Gasteiger partial charge on any atom is -0.463 e. The summed E-state index contributed by atoms with van der Waals surface area (Å²) in [5.74, 6) is -0.289. The van der Waals surface area contributed by atoms with Crippen LogP contribution in [0.25, 0.3) is 0 Å². The van der Waals surface area contributed by atoms with Crippen LogP contribution in [0.5, 0.6) is 0 Å². The zero-order valence-electron chi connectivity index (χ0n) is 18.4. The van der Waals surface area contributed by atoms with E-state index in [4.69, 9.17) is 14.2 Å². The Morgan fingerprint density at radius 3 is 2.33 bits per heavy atom. The lowest BCUT2D eigenvalue weighted by Crippen LogP contribution is -2.32. The van der Waals surface area contributed by atoms with E-state index in [2.05, 4.69) is 44.7 Å². The second-order valence-corrected chi connectivity index (χ2v) is 7.73. The van der Waals surface area contributed by atoms with Gasteiger partial charge in [0.2, 0.25) is 0 Å². The average molecular weight is 387 g/mol. The van der Waals surface area contributed by atoms with Gasteiger partial charge < -0.3 is 24.4 Å². The summed E-state index contributed by atoms with van der Waals surface area (Å²) < 4.78 is 16.0. The third-order valence-electron chi connectivity index (χ3n) is 4.57. The number of allylic oxidation sites excluding steroid dienone is 1. The molecule has 0 aromatic carbocycles. The number of esters is 1. The molecule has 6 heteroatoms. The van der Waals surface area contributed by atoms with Crippen LogP contribution in [0.4, 0.5) is 0 Å². The summed E-state index contributed by atoms with van der Waals surface area (Å²) in [6.07, 6.45) is 2.53. The summed E-state index contributed by atoms with van der Waals surface area (Å²) in [4.78, 5) is 14.6. The van der Waals surface area contributed by atoms with Crippen molar-refractivity contribution in [2.45, 2.75) is 47.0 Å². The monoisotopic (exact) mass is 386 g/mol. The number of hydrogen-bond acceptors (Lipinski definition) is 6. The zero-order chi connectivity index (χ0) is 20.7. The van der Waals surface area contributed by atoms with Crippen molar-refractivity contribution in [2.24, 2.45) is 11.3 Å². The Labute approximate surface area is 166 Å². The van der Waals surface area contributed by atoms with Crippen LogP contribution in [0.15, 0.2) is 12.3 Å². The molecule has 1 unspecified atom stereocenters. The Hall–Kier alpha value is -1.11. The summed E-state index contributed by atoms with van der Waals surface area (Å²) in [5, 5.41) is 3.42. The molecule has 0 rings (SSSR count). The van der Waals surface area contributed by atoms with Gasteiger partial charge in [0.15, 0.2) is 0 Å². The Balaban J connectivity index is 4.21. The van der Waals surface area contributed by atoms with E-state index in [-0.39, 0.29) is 23.9 Å². The highest BCUT2D eigenvalue weighted by Gasteiger charge is 2.30. The topological polar surface area (TPSA) is 60.0 Å². The maximum atomic E-state index is 12.4. The predicted octanol–water partition coefficient (Wildman–Crippen LogP) is 3.08. The molecule has 27 heavy (non-hydrogen) atoms. The van der Waals surface area contributed by atoms with Crippen LogP contribution in [0.1, 0.15) is 47.0 Å². The first-order valence-corrected chi connectivity index (χ1v) is 10.1. The van der Waals surface area contributed by atoms with E-state index in [0.29, 0.717) is 32.8 Å². The third kappa shape index (κ3) is 12.8. The van der Waals surface area contributed by atoms with Crippen molar-refractivity contribution in [3.05, 3.63) is 12.3 Å². The molecule has 0 aliphatic carbocycles. The lowest BCUT2D eigenvalue weighted by molar-refractivity contribution is -0.151. The van der Waals surface area contributed by atoms with Crippen molar-refractivity contribution in [3.63, 3.8) is 0 Å². The molecule has 0 aromatic heterocycles. The number of carbonyl (C=O) groups is 1. The number of ether oxygens (including phenoxy) is 3. The molecule has 160 valence electrons. The Kier molecular flexibility index (Phi) is 14.3. The molecule has 0 saturated carbocycles. The normalized spacial score (nSPS) is 12.9. The molecule has 1 atom stereocenters. The summed E-state index contributed by atoms with van der Waals surface area (Å²) >= 11 is 0. The second kappa shape index (κ2) is 14.9. The molecule has 0 heterocycles. The minimum atomic E-state index is -0.175. The number of nitrogens with zero attached hydrogens (tertiary/aromatic N) is 1. The summed E-state index contributed by atoms with van der Waals surface area (Å²) in [7, 11) is 4.14. The molecule has 0 aliphatic heterocycles. The Morgan fingerprint density at radius 1 is 1.11 bits per heavy atom. The molecular weight excluding hydrogens is 344 g/mol. The SMILES string of the molecule is C=C(NCCCN(C)C)C(C)(C)CC(CC)C(=O)OCCOCCOCC. The van der Waals surface area contributed by atoms with Gasteiger partial charge in [0.05, 0.1) is 25.7 Å². The van der Waals surface area contributed by atoms with E-state index in [1.807, 2.05) is 13.8 Å². The smallest absolute Gasteiger partial charge is 0.309 e. The van der Waals surface area contributed by atoms with Gasteiger partial charge >= 0.3 is 5.97 Å². The lowest BCUT2D eigenvalue weighted by atomic mass is 9.79. The fourth-order valence-electron chi connectivity index (χ4n) is 2.69. The zero-order valence-corrected chi connectivity index (χ0v) is 18.4. The predicted molar refractivity (Wildman–Crippen MR) is 111 cm³/mol. The van der Waals surface area contributed by atoms with Gasteiger partial charge in [0, 0.05) is 24.3 Å². The highest BCUT2D eigenvalue weighted by Crippen LogP contribution is 2.33. The van der Waals surface area contributed by atoms with Crippen molar-refractivity contribution in [3.8, 4) is 0 Å². The summed E-state index contributed by atoms with van der Waals surface area (Å²) in [6, 6.07) is 0. The number of hydrogen-bond donors (Lipinski definition) is 1. The average Bonchev–Trinajstić information content (AvgIpc) is 2.61. The van der Waals surface area contributed by atoms with E-state index in [1.54, 1.807) is 0 Å². The molecular formula is C21H42N2O4. The highest BCUT2D eigenvalue weighted by atomic mass is 16.6. The van der Waals surface area contributed by atoms with Gasteiger partial charge in [-0.15, -0.1) is 0 Å². The fourth-order valence-corrected chi connectivity index (χ4v) is 2.69. The summed E-state index contributed by atoms with van der Waals surface area (Å²) in [5.41, 5.74) is 0.804. The number of nitrogens with one attached hydrogen (secondary N) is 1. The van der Waals surface area contributed by atoms with Gasteiger partial charge in [-0.3, -0.25) is 4.79 Å². The van der Waals surface area contributed by atoms with Crippen molar-refractivity contribution in [1.82, 2.24) is 10.2 Å². The molecule has 0 radical (unpaired) electrons. The molecule has 0 fully saturated rings. The van der Waals surface area contributed by atoms with Crippen molar-refractivity contribution in [1.29, 1.82) is 0 Å². The van der Waals surface area contributed by atoms with Crippen LogP contribution in [-0.4, -0.2) is 71.1 Å². The summed E-state index contributed by atoms with van der Waals surface area (Å²) in [6.45, 7) is 16.8. The van der Waals surface area contributed by atoms with Gasteiger partial charge in [-0.1, -0.05) is 27.4 Å². The first kappa shape index (κ1) is 25.9. The standard InChI is InChI=1S/C21H42N2O4/c1-8-19(20(24)27-16-15-26-14-13-25-9-2)17-21(4,5)18(3)22-11-10-12-23(6)7/h19,22H,3,8-17H2,1-2,4-7H3. The van der Waals surface area contributed by atoms with Crippen molar-refractivity contribution < 1.29 is 19.0 Å². The van der Waals surface area contributed by atoms with Crippen molar-refractivity contribution in [2.75, 3.05) is 60.2 Å². The first-order valence-electron chi connectivity index (χ1n) is 10.1. The molecule has 0 aromatic rings. The molecule has 0 saturated heterocycles. The van der Waals surface area contributed by atoms with E-state index in [0.717, 1.165) is 31.6 Å². The van der Waals surface area contributed by atoms with Crippen LogP contribution in [0.2, 0.25) is 0 Å². The Morgan fingerprint density at radius 2 is 1.74 bits per heavy atom.